The number of hydrogen-bond donors (Lipinski definition) is 0. The molecule has 0 saturated carbocycles. The topological polar surface area (TPSA) is 91.6 Å². The summed E-state index contributed by atoms with van der Waals surface area (Å²) in [6.45, 7) is 0.194. The molecule has 1 aromatic heterocycles. The molecule has 0 fully saturated rings. The molecule has 2 rings (SSSR count). The van der Waals surface area contributed by atoms with Crippen LogP contribution in [0, 0.1) is 10.1 Å². The van der Waals surface area contributed by atoms with Crippen molar-refractivity contribution in [2.45, 2.75) is 6.61 Å². The quantitative estimate of drug-likeness (QED) is 0.476. The minimum atomic E-state index is -0.475. The minimum absolute atomic E-state index is 0.00269. The first kappa shape index (κ1) is 14.4. The van der Waals surface area contributed by atoms with E-state index in [0.29, 0.717) is 17.0 Å². The maximum atomic E-state index is 11.2. The van der Waals surface area contributed by atoms with Crippen LogP contribution in [0.5, 0.6) is 5.75 Å². The molecule has 2 aromatic rings. The van der Waals surface area contributed by atoms with Gasteiger partial charge in [-0.05, 0) is 24.3 Å². The zero-order chi connectivity index (χ0) is 15.2. The average Bonchev–Trinajstić information content (AvgIpc) is 2.53. The van der Waals surface area contributed by atoms with E-state index >= 15 is 0 Å². The maximum Gasteiger partial charge on any atom is 0.339 e. The highest BCUT2D eigenvalue weighted by molar-refractivity contribution is 5.88. The average molecular weight is 288 g/mol. The molecular weight excluding hydrogens is 276 g/mol. The Morgan fingerprint density at radius 2 is 1.95 bits per heavy atom. The highest BCUT2D eigenvalue weighted by Gasteiger charge is 2.07. The van der Waals surface area contributed by atoms with Crippen molar-refractivity contribution in [2.24, 2.45) is 0 Å². The van der Waals surface area contributed by atoms with E-state index < -0.39 is 10.9 Å². The fourth-order valence-electron chi connectivity index (χ4n) is 1.57. The van der Waals surface area contributed by atoms with Crippen LogP contribution in [-0.2, 0) is 11.3 Å². The molecule has 7 nitrogen and oxygen atoms in total. The number of pyridine rings is 1. The molecule has 0 radical (unpaired) electrons. The predicted octanol–water partition coefficient (Wildman–Crippen LogP) is 2.36. The third kappa shape index (κ3) is 3.75. The van der Waals surface area contributed by atoms with Gasteiger partial charge in [-0.15, -0.1) is 0 Å². The van der Waals surface area contributed by atoms with Crippen LogP contribution in [0.15, 0.2) is 42.6 Å². The number of aromatic nitrogens is 1. The van der Waals surface area contributed by atoms with Gasteiger partial charge in [0.25, 0.3) is 5.69 Å². The molecule has 108 valence electrons. The normalized spacial score (nSPS) is 9.95. The number of carbonyl (C=O) groups excluding carboxylic acids is 1. The minimum Gasteiger partial charge on any atom is -0.487 e. The van der Waals surface area contributed by atoms with Crippen molar-refractivity contribution in [1.82, 2.24) is 4.98 Å². The number of ether oxygens (including phenoxy) is 2. The van der Waals surface area contributed by atoms with Gasteiger partial charge in [-0.3, -0.25) is 15.1 Å². The Labute approximate surface area is 120 Å². The molecule has 1 aromatic carbocycles. The molecule has 0 aliphatic rings. The van der Waals surface area contributed by atoms with Crippen molar-refractivity contribution >= 4 is 11.7 Å². The first-order valence-corrected chi connectivity index (χ1v) is 6.00. The van der Waals surface area contributed by atoms with Gasteiger partial charge in [0.15, 0.2) is 0 Å². The molecular formula is C14H12N2O5. The van der Waals surface area contributed by atoms with Crippen molar-refractivity contribution in [3.8, 4) is 5.75 Å². The molecule has 0 bridgehead atoms. The number of nitrogens with zero attached hydrogens (tertiary/aromatic N) is 2. The van der Waals surface area contributed by atoms with E-state index in [4.69, 9.17) is 4.74 Å². The largest absolute Gasteiger partial charge is 0.487 e. The Morgan fingerprint density at radius 1 is 1.24 bits per heavy atom. The van der Waals surface area contributed by atoms with Gasteiger partial charge in [-0.1, -0.05) is 0 Å². The molecule has 0 atom stereocenters. The third-order valence-corrected chi connectivity index (χ3v) is 2.68. The lowest BCUT2D eigenvalue weighted by Gasteiger charge is -2.06. The van der Waals surface area contributed by atoms with Crippen LogP contribution >= 0.6 is 0 Å². The van der Waals surface area contributed by atoms with E-state index in [1.807, 2.05) is 0 Å². The first-order valence-electron chi connectivity index (χ1n) is 6.00. The van der Waals surface area contributed by atoms with Gasteiger partial charge in [0.1, 0.15) is 12.4 Å². The second-order valence-electron chi connectivity index (χ2n) is 4.07. The van der Waals surface area contributed by atoms with Gasteiger partial charge in [0, 0.05) is 18.3 Å². The molecule has 1 heterocycles. The van der Waals surface area contributed by atoms with Crippen LogP contribution in [-0.4, -0.2) is 23.0 Å². The maximum absolute atomic E-state index is 11.2. The fourth-order valence-corrected chi connectivity index (χ4v) is 1.57. The lowest BCUT2D eigenvalue weighted by atomic mass is 10.2. The summed E-state index contributed by atoms with van der Waals surface area (Å²) in [5.74, 6) is 0.0461. The third-order valence-electron chi connectivity index (χ3n) is 2.68. The Kier molecular flexibility index (Phi) is 4.45. The summed E-state index contributed by atoms with van der Waals surface area (Å²) in [7, 11) is 1.30. The summed E-state index contributed by atoms with van der Waals surface area (Å²) in [5, 5.41) is 10.5. The zero-order valence-electron chi connectivity index (χ0n) is 11.2. The zero-order valence-corrected chi connectivity index (χ0v) is 11.2. The monoisotopic (exact) mass is 288 g/mol. The molecule has 0 N–H and O–H groups in total. The molecule has 0 spiro atoms. The standard InChI is InChI=1S/C14H12N2O5/c1-20-14(17)10-2-3-11(15-8-10)9-21-13-6-4-12(5-7-13)16(18)19/h2-8H,9H2,1H3. The number of rotatable bonds is 5. The Balaban J connectivity index is 1.96. The second kappa shape index (κ2) is 6.47. The second-order valence-corrected chi connectivity index (χ2v) is 4.07. The van der Waals surface area contributed by atoms with Crippen LogP contribution < -0.4 is 4.74 Å². The van der Waals surface area contributed by atoms with E-state index in [1.54, 1.807) is 12.1 Å². The first-order chi connectivity index (χ1) is 10.1. The number of nitro benzene ring substituents is 1. The number of hydrogen-bond acceptors (Lipinski definition) is 6. The fraction of sp³-hybridized carbons (Fsp3) is 0.143. The summed E-state index contributed by atoms with van der Waals surface area (Å²) < 4.78 is 10.0. The van der Waals surface area contributed by atoms with Gasteiger partial charge in [-0.25, -0.2) is 4.79 Å². The van der Waals surface area contributed by atoms with E-state index in [0.717, 1.165) is 0 Å². The molecule has 0 aliphatic carbocycles. The SMILES string of the molecule is COC(=O)c1ccc(COc2ccc([N+](=O)[O-])cc2)nc1. The Hall–Kier alpha value is -2.96. The van der Waals surface area contributed by atoms with Crippen molar-refractivity contribution in [3.63, 3.8) is 0 Å². The van der Waals surface area contributed by atoms with Gasteiger partial charge in [0.05, 0.1) is 23.3 Å². The number of esters is 1. The van der Waals surface area contributed by atoms with Crippen molar-refractivity contribution in [3.05, 3.63) is 64.0 Å². The van der Waals surface area contributed by atoms with E-state index in [-0.39, 0.29) is 12.3 Å². The highest BCUT2D eigenvalue weighted by atomic mass is 16.6. The van der Waals surface area contributed by atoms with Gasteiger partial charge in [-0.2, -0.15) is 0 Å². The van der Waals surface area contributed by atoms with E-state index in [2.05, 4.69) is 9.72 Å². The summed E-state index contributed by atoms with van der Waals surface area (Å²) in [4.78, 5) is 25.4. The lowest BCUT2D eigenvalue weighted by Crippen LogP contribution is -2.04. The predicted molar refractivity (Wildman–Crippen MR) is 73.0 cm³/mol. The van der Waals surface area contributed by atoms with E-state index in [9.17, 15) is 14.9 Å². The molecule has 0 unspecified atom stereocenters. The smallest absolute Gasteiger partial charge is 0.339 e. The van der Waals surface area contributed by atoms with Gasteiger partial charge in [0.2, 0.25) is 0 Å². The summed E-state index contributed by atoms with van der Waals surface area (Å²) >= 11 is 0. The molecule has 0 saturated heterocycles. The number of non-ortho nitro benzene ring substituents is 1. The summed E-state index contributed by atoms with van der Waals surface area (Å²) in [6.07, 6.45) is 1.40. The Bertz CT molecular complexity index is 637. The highest BCUT2D eigenvalue weighted by Crippen LogP contribution is 2.18. The van der Waals surface area contributed by atoms with Crippen molar-refractivity contribution < 1.29 is 19.2 Å². The number of methoxy groups -OCH3 is 1. The van der Waals surface area contributed by atoms with Crippen LogP contribution in [0.25, 0.3) is 0 Å². The molecule has 7 heteroatoms. The van der Waals surface area contributed by atoms with Crippen LogP contribution in [0.4, 0.5) is 5.69 Å². The van der Waals surface area contributed by atoms with Crippen LogP contribution in [0.2, 0.25) is 0 Å². The van der Waals surface area contributed by atoms with Gasteiger partial charge >= 0.3 is 5.97 Å². The van der Waals surface area contributed by atoms with Gasteiger partial charge < -0.3 is 9.47 Å². The number of nitro groups is 1. The summed E-state index contributed by atoms with van der Waals surface area (Å²) in [5.41, 5.74) is 0.987. The lowest BCUT2D eigenvalue weighted by molar-refractivity contribution is -0.384. The van der Waals surface area contributed by atoms with Crippen molar-refractivity contribution in [2.75, 3.05) is 7.11 Å². The van der Waals surface area contributed by atoms with Crippen molar-refractivity contribution in [1.29, 1.82) is 0 Å². The molecule has 21 heavy (non-hydrogen) atoms. The molecule has 0 amide bonds. The molecule has 0 aliphatic heterocycles. The summed E-state index contributed by atoms with van der Waals surface area (Å²) in [6, 6.07) is 9.00. The van der Waals surface area contributed by atoms with E-state index in [1.165, 1.54) is 37.6 Å². The number of carbonyl (C=O) groups is 1. The number of benzene rings is 1. The van der Waals surface area contributed by atoms with Crippen LogP contribution in [0.3, 0.4) is 0 Å². The van der Waals surface area contributed by atoms with Crippen LogP contribution in [0.1, 0.15) is 16.1 Å². The Morgan fingerprint density at radius 3 is 2.48 bits per heavy atom.